The number of likely N-dealkylation sites (tertiary alicyclic amines) is 2. The fourth-order valence-corrected chi connectivity index (χ4v) is 11.4. The molecule has 7 rings (SSSR count). The molecule has 0 unspecified atom stereocenters. The van der Waals surface area contributed by atoms with Crippen molar-refractivity contribution in [1.29, 1.82) is 0 Å². The van der Waals surface area contributed by atoms with Crippen LogP contribution in [0, 0.1) is 29.0 Å². The quantitative estimate of drug-likeness (QED) is 0.261. The number of ether oxygens (including phenoxy) is 1. The minimum atomic E-state index is -3.16. The summed E-state index contributed by atoms with van der Waals surface area (Å²) >= 11 is 0. The smallest absolute Gasteiger partial charge is 0.305 e. The molecule has 0 radical (unpaired) electrons. The summed E-state index contributed by atoms with van der Waals surface area (Å²) in [5, 5.41) is -0.182. The van der Waals surface area contributed by atoms with Crippen molar-refractivity contribution in [3.8, 4) is 0 Å². The van der Waals surface area contributed by atoms with Crippen molar-refractivity contribution < 1.29 is 22.3 Å². The lowest BCUT2D eigenvalue weighted by atomic mass is 9.56. The summed E-state index contributed by atoms with van der Waals surface area (Å²) in [5.41, 5.74) is 2.21. The van der Waals surface area contributed by atoms with Gasteiger partial charge in [-0.15, -0.1) is 0 Å². The van der Waals surface area contributed by atoms with Crippen LogP contribution in [0.15, 0.2) is 53.4 Å². The van der Waals surface area contributed by atoms with Crippen LogP contribution in [0.5, 0.6) is 0 Å². The van der Waals surface area contributed by atoms with Gasteiger partial charge in [-0.3, -0.25) is 4.79 Å². The first-order valence-electron chi connectivity index (χ1n) is 18.0. The van der Waals surface area contributed by atoms with Crippen molar-refractivity contribution in [2.24, 2.45) is 23.2 Å². The number of sulfone groups is 1. The van der Waals surface area contributed by atoms with Gasteiger partial charge >= 0.3 is 5.97 Å². The van der Waals surface area contributed by atoms with Crippen molar-refractivity contribution in [3.63, 3.8) is 0 Å². The van der Waals surface area contributed by atoms with Gasteiger partial charge in [-0.2, -0.15) is 0 Å². The average molecular weight is 666 g/mol. The van der Waals surface area contributed by atoms with E-state index in [1.54, 1.807) is 24.3 Å². The van der Waals surface area contributed by atoms with Crippen molar-refractivity contribution in [2.75, 3.05) is 64.4 Å². The summed E-state index contributed by atoms with van der Waals surface area (Å²) in [6.45, 7) is 10.5. The predicted molar refractivity (Wildman–Crippen MR) is 183 cm³/mol. The highest BCUT2D eigenvalue weighted by Crippen LogP contribution is 2.54. The predicted octanol–water partition coefficient (Wildman–Crippen LogP) is 5.92. The number of methoxy groups -OCH3 is 1. The second-order valence-electron chi connectivity index (χ2n) is 15.7. The van der Waals surface area contributed by atoms with Crippen molar-refractivity contribution in [1.82, 2.24) is 9.80 Å². The van der Waals surface area contributed by atoms with E-state index in [1.165, 1.54) is 13.5 Å². The summed E-state index contributed by atoms with van der Waals surface area (Å²) in [6, 6.07) is 14.9. The highest BCUT2D eigenvalue weighted by molar-refractivity contribution is 7.92. The first kappa shape index (κ1) is 33.0. The molecule has 3 heterocycles. The molecule has 2 saturated carbocycles. The van der Waals surface area contributed by atoms with Crippen molar-refractivity contribution in [3.05, 3.63) is 59.9 Å². The number of esters is 1. The van der Waals surface area contributed by atoms with E-state index in [-0.39, 0.29) is 33.8 Å². The van der Waals surface area contributed by atoms with Crippen LogP contribution in [0.25, 0.3) is 0 Å². The molecule has 2 aliphatic carbocycles. The Kier molecular flexibility index (Phi) is 9.20. The van der Waals surface area contributed by atoms with Crippen molar-refractivity contribution in [2.45, 2.75) is 80.3 Å². The zero-order valence-electron chi connectivity index (χ0n) is 28.2. The van der Waals surface area contributed by atoms with E-state index in [1.807, 2.05) is 18.2 Å². The maximum Gasteiger partial charge on any atom is 0.305 e. The Bertz CT molecular complexity index is 1530. The molecule has 0 amide bonds. The van der Waals surface area contributed by atoms with Gasteiger partial charge in [0, 0.05) is 49.1 Å². The number of halogens is 1. The largest absolute Gasteiger partial charge is 0.469 e. The molecule has 3 atom stereocenters. The highest BCUT2D eigenvalue weighted by Gasteiger charge is 2.53. The van der Waals surface area contributed by atoms with E-state index in [4.69, 9.17) is 4.74 Å². The molecule has 5 aliphatic rings. The fraction of sp³-hybridized carbons (Fsp3) is 0.658. The molecular weight excluding hydrogens is 614 g/mol. The van der Waals surface area contributed by atoms with E-state index in [0.29, 0.717) is 23.2 Å². The van der Waals surface area contributed by atoms with Crippen LogP contribution in [0.4, 0.5) is 10.1 Å². The number of nitrogens with zero attached hydrogens (tertiary/aromatic N) is 3. The van der Waals surface area contributed by atoms with E-state index in [9.17, 15) is 17.6 Å². The molecule has 256 valence electrons. The lowest BCUT2D eigenvalue weighted by Gasteiger charge is -2.55. The molecule has 0 N–H and O–H groups in total. The summed E-state index contributed by atoms with van der Waals surface area (Å²) in [6.07, 6.45) is 8.59. The second kappa shape index (κ2) is 13.1. The van der Waals surface area contributed by atoms with Gasteiger partial charge < -0.3 is 19.4 Å². The zero-order valence-corrected chi connectivity index (χ0v) is 29.0. The van der Waals surface area contributed by atoms with Crippen LogP contribution in [0.2, 0.25) is 0 Å². The maximum absolute atomic E-state index is 15.0. The van der Waals surface area contributed by atoms with Gasteiger partial charge in [0.25, 0.3) is 0 Å². The normalized spacial score (nSPS) is 26.7. The van der Waals surface area contributed by atoms with Crippen LogP contribution in [0.3, 0.4) is 0 Å². The lowest BCUT2D eigenvalue weighted by Crippen LogP contribution is -2.61. The fourth-order valence-electron chi connectivity index (χ4n) is 9.76. The van der Waals surface area contributed by atoms with Crippen LogP contribution in [-0.2, 0) is 24.8 Å². The molecule has 5 fully saturated rings. The van der Waals surface area contributed by atoms with Gasteiger partial charge in [0.2, 0.25) is 0 Å². The summed E-state index contributed by atoms with van der Waals surface area (Å²) < 4.78 is 45.4. The maximum atomic E-state index is 15.0. The standard InChI is InChI=1S/C38H52FN3O4S/c1-37(25-42(26-37)32-10-12-33(13-11-32)47(44,45)34-14-15-34)24-41-20-16-29(17-21-41)38(27-40-18-5-19-40,30-7-4-8-31(39)23-30)35-9-3-6-28(35)22-36(43)46-2/h4,7-8,10-13,23,28-29,34-35H,3,5-6,9,14-22,24-27H2,1-2H3/t28-,35+,38+/m1/s1. The SMILES string of the molecule is COC(=O)C[C@H]1CCC[C@@H]1[C@](CN1CCC1)(c1cccc(F)c1)C1CCN(CC2(C)CN(c3ccc(S(=O)(=O)C4CC4)cc3)C2)CC1. The molecule has 7 nitrogen and oxygen atoms in total. The Morgan fingerprint density at radius 3 is 2.28 bits per heavy atom. The van der Waals surface area contributed by atoms with Crippen LogP contribution in [-0.4, -0.2) is 88.9 Å². The number of hydrogen-bond acceptors (Lipinski definition) is 7. The number of carbonyl (C=O) groups excluding carboxylic acids is 1. The Morgan fingerprint density at radius 1 is 0.936 bits per heavy atom. The van der Waals surface area contributed by atoms with E-state index < -0.39 is 9.84 Å². The number of anilines is 1. The van der Waals surface area contributed by atoms with Gasteiger partial charge in [0.1, 0.15) is 5.82 Å². The number of rotatable bonds is 12. The van der Waals surface area contributed by atoms with Crippen LogP contribution < -0.4 is 4.90 Å². The number of hydrogen-bond donors (Lipinski definition) is 0. The van der Waals surface area contributed by atoms with E-state index in [0.717, 1.165) is 109 Å². The van der Waals surface area contributed by atoms with Gasteiger partial charge in [-0.05, 0) is 131 Å². The summed E-state index contributed by atoms with van der Waals surface area (Å²) in [5.74, 6) is 0.699. The van der Waals surface area contributed by atoms with Crippen molar-refractivity contribution >= 4 is 21.5 Å². The number of piperidine rings is 1. The summed E-state index contributed by atoms with van der Waals surface area (Å²) in [7, 11) is -1.67. The first-order valence-corrected chi connectivity index (χ1v) is 19.5. The number of carbonyl (C=O) groups is 1. The van der Waals surface area contributed by atoms with Crippen LogP contribution in [0.1, 0.15) is 70.3 Å². The topological polar surface area (TPSA) is 70.2 Å². The number of benzene rings is 2. The molecule has 0 bridgehead atoms. The van der Waals surface area contributed by atoms with Gasteiger partial charge in [-0.25, -0.2) is 12.8 Å². The molecular formula is C38H52FN3O4S. The molecule has 47 heavy (non-hydrogen) atoms. The second-order valence-corrected chi connectivity index (χ2v) is 17.9. The lowest BCUT2D eigenvalue weighted by molar-refractivity contribution is -0.142. The zero-order chi connectivity index (χ0) is 32.8. The van der Waals surface area contributed by atoms with Crippen LogP contribution >= 0.6 is 0 Å². The third-order valence-electron chi connectivity index (χ3n) is 12.3. The Labute approximate surface area is 280 Å². The third kappa shape index (κ3) is 6.61. The Hall–Kier alpha value is -2.49. The van der Waals surface area contributed by atoms with Gasteiger partial charge in [-0.1, -0.05) is 25.5 Å². The molecule has 3 saturated heterocycles. The van der Waals surface area contributed by atoms with Gasteiger partial charge in [0.15, 0.2) is 9.84 Å². The van der Waals surface area contributed by atoms with E-state index in [2.05, 4.69) is 27.7 Å². The summed E-state index contributed by atoms with van der Waals surface area (Å²) in [4.78, 5) is 20.6. The molecule has 3 aliphatic heterocycles. The monoisotopic (exact) mass is 665 g/mol. The molecule has 0 spiro atoms. The Morgan fingerprint density at radius 2 is 1.66 bits per heavy atom. The van der Waals surface area contributed by atoms with Gasteiger partial charge in [0.05, 0.1) is 17.3 Å². The molecule has 2 aromatic carbocycles. The molecule has 9 heteroatoms. The molecule has 2 aromatic rings. The highest BCUT2D eigenvalue weighted by atomic mass is 32.2. The van der Waals surface area contributed by atoms with E-state index >= 15 is 0 Å². The third-order valence-corrected chi connectivity index (χ3v) is 14.6. The average Bonchev–Trinajstić information content (AvgIpc) is 3.80. The Balaban J connectivity index is 1.05. The molecule has 0 aromatic heterocycles. The first-order chi connectivity index (χ1) is 22.6. The minimum Gasteiger partial charge on any atom is -0.469 e. The minimum absolute atomic E-state index is 0.129.